The first-order valence-corrected chi connectivity index (χ1v) is 7.10. The van der Waals surface area contributed by atoms with Crippen LogP contribution < -0.4 is 14.9 Å². The highest BCUT2D eigenvalue weighted by Gasteiger charge is 2.18. The number of nitrogens with zero attached hydrogens (tertiary/aromatic N) is 1. The molecule has 0 aromatic heterocycles. The van der Waals surface area contributed by atoms with Gasteiger partial charge in [0.2, 0.25) is 5.78 Å². The average molecular weight is 308 g/mol. The van der Waals surface area contributed by atoms with E-state index in [2.05, 4.69) is 10.5 Å². The van der Waals surface area contributed by atoms with Crippen molar-refractivity contribution in [3.05, 3.63) is 59.7 Å². The van der Waals surface area contributed by atoms with E-state index < -0.39 is 0 Å². The molecule has 1 N–H and O–H groups in total. The molecule has 0 amide bonds. The van der Waals surface area contributed by atoms with Gasteiger partial charge in [-0.05, 0) is 23.8 Å². The highest BCUT2D eigenvalue weighted by Crippen LogP contribution is 2.29. The predicted octanol–water partition coefficient (Wildman–Crippen LogP) is 3.12. The van der Waals surface area contributed by atoms with Crippen LogP contribution in [0.4, 0.5) is 5.69 Å². The molecule has 0 radical (unpaired) electrons. The molecule has 1 aliphatic rings. The molecule has 23 heavy (non-hydrogen) atoms. The van der Waals surface area contributed by atoms with Crippen molar-refractivity contribution in [2.24, 2.45) is 5.10 Å². The number of hydrogen-bond acceptors (Lipinski definition) is 5. The molecule has 1 aliphatic carbocycles. The molecule has 0 saturated heterocycles. The second-order valence-electron chi connectivity index (χ2n) is 4.92. The third kappa shape index (κ3) is 2.94. The van der Waals surface area contributed by atoms with Crippen LogP contribution in [-0.2, 0) is 4.79 Å². The third-order valence-electron chi connectivity index (χ3n) is 3.56. The van der Waals surface area contributed by atoms with Crippen molar-refractivity contribution < 1.29 is 14.3 Å². The number of hydrazone groups is 1. The van der Waals surface area contributed by atoms with E-state index >= 15 is 0 Å². The molecular formula is C18H16N2O3. The Morgan fingerprint density at radius 3 is 2.61 bits per heavy atom. The Balaban J connectivity index is 1.97. The zero-order valence-corrected chi connectivity index (χ0v) is 12.9. The van der Waals surface area contributed by atoms with Crippen molar-refractivity contribution in [3.8, 4) is 11.5 Å². The fourth-order valence-electron chi connectivity index (χ4n) is 2.37. The third-order valence-corrected chi connectivity index (χ3v) is 3.56. The number of anilines is 1. The zero-order valence-electron chi connectivity index (χ0n) is 12.9. The van der Waals surface area contributed by atoms with Gasteiger partial charge in [0, 0.05) is 11.6 Å². The lowest BCUT2D eigenvalue weighted by Crippen LogP contribution is -2.19. The molecule has 0 unspecified atom stereocenters. The summed E-state index contributed by atoms with van der Waals surface area (Å²) >= 11 is 0. The van der Waals surface area contributed by atoms with Crippen molar-refractivity contribution in [1.82, 2.24) is 0 Å². The van der Waals surface area contributed by atoms with Crippen molar-refractivity contribution in [2.75, 3.05) is 19.6 Å². The largest absolute Gasteiger partial charge is 0.497 e. The van der Waals surface area contributed by atoms with Crippen LogP contribution in [0.5, 0.6) is 11.5 Å². The minimum absolute atomic E-state index is 0.141. The van der Waals surface area contributed by atoms with Gasteiger partial charge in [-0.15, -0.1) is 0 Å². The van der Waals surface area contributed by atoms with E-state index in [9.17, 15) is 4.79 Å². The Morgan fingerprint density at radius 2 is 1.83 bits per heavy atom. The van der Waals surface area contributed by atoms with Gasteiger partial charge >= 0.3 is 0 Å². The molecule has 0 fully saturated rings. The standard InChI is InChI=1S/C18H16N2O3/c1-22-13-8-10-17(23-2)15(11-13)19-20-18-14-6-4-3-5-12(14)7-9-16(18)21/h3-11,19H,1-2H3/b20-18-. The molecule has 116 valence electrons. The normalized spacial score (nSPS) is 14.5. The Kier molecular flexibility index (Phi) is 4.10. The van der Waals surface area contributed by atoms with Crippen LogP contribution in [0.1, 0.15) is 11.1 Å². The van der Waals surface area contributed by atoms with Gasteiger partial charge in [0.25, 0.3) is 0 Å². The van der Waals surface area contributed by atoms with Gasteiger partial charge in [0.15, 0.2) is 0 Å². The number of carbonyl (C=O) groups excluding carboxylic acids is 1. The number of methoxy groups -OCH3 is 2. The molecule has 2 aromatic rings. The Bertz CT molecular complexity index is 810. The Labute approximate surface area is 134 Å². The second-order valence-corrected chi connectivity index (χ2v) is 4.92. The molecule has 0 atom stereocenters. The van der Waals surface area contributed by atoms with E-state index in [1.165, 1.54) is 6.08 Å². The topological polar surface area (TPSA) is 59.9 Å². The Hall–Kier alpha value is -3.08. The number of benzene rings is 2. The highest BCUT2D eigenvalue weighted by molar-refractivity contribution is 6.52. The van der Waals surface area contributed by atoms with Crippen molar-refractivity contribution in [3.63, 3.8) is 0 Å². The Morgan fingerprint density at radius 1 is 1.00 bits per heavy atom. The minimum atomic E-state index is -0.141. The van der Waals surface area contributed by atoms with Crippen LogP contribution in [-0.4, -0.2) is 25.7 Å². The molecule has 0 spiro atoms. The van der Waals surface area contributed by atoms with Crippen LogP contribution in [0.2, 0.25) is 0 Å². The first-order valence-electron chi connectivity index (χ1n) is 7.10. The number of ketones is 1. The number of rotatable bonds is 4. The van der Waals surface area contributed by atoms with E-state index in [-0.39, 0.29) is 5.78 Å². The lowest BCUT2D eigenvalue weighted by molar-refractivity contribution is -0.108. The maximum Gasteiger partial charge on any atom is 0.206 e. The van der Waals surface area contributed by atoms with Crippen LogP contribution in [0.25, 0.3) is 6.08 Å². The van der Waals surface area contributed by atoms with Crippen molar-refractivity contribution in [1.29, 1.82) is 0 Å². The van der Waals surface area contributed by atoms with Crippen molar-refractivity contribution in [2.45, 2.75) is 0 Å². The summed E-state index contributed by atoms with van der Waals surface area (Å²) in [5.41, 5.74) is 5.66. The molecule has 0 heterocycles. The summed E-state index contributed by atoms with van der Waals surface area (Å²) in [7, 11) is 3.16. The van der Waals surface area contributed by atoms with Gasteiger partial charge in [-0.1, -0.05) is 30.3 Å². The maximum absolute atomic E-state index is 12.1. The van der Waals surface area contributed by atoms with Gasteiger partial charge in [0.1, 0.15) is 22.9 Å². The summed E-state index contributed by atoms with van der Waals surface area (Å²) < 4.78 is 10.5. The van der Waals surface area contributed by atoms with Crippen LogP contribution in [0.15, 0.2) is 53.6 Å². The molecule has 0 bridgehead atoms. The van der Waals surface area contributed by atoms with E-state index in [0.29, 0.717) is 22.9 Å². The zero-order chi connectivity index (χ0) is 16.2. The maximum atomic E-state index is 12.1. The number of hydrogen-bond donors (Lipinski definition) is 1. The SMILES string of the molecule is COc1ccc(OC)c(N/N=C2\C(=O)C=Cc3ccccc32)c1. The fraction of sp³-hybridized carbons (Fsp3) is 0.111. The monoisotopic (exact) mass is 308 g/mol. The number of fused-ring (bicyclic) bond motifs is 1. The summed E-state index contributed by atoms with van der Waals surface area (Å²) in [5.74, 6) is 1.14. The predicted molar refractivity (Wildman–Crippen MR) is 90.2 cm³/mol. The fourth-order valence-corrected chi connectivity index (χ4v) is 2.37. The summed E-state index contributed by atoms with van der Waals surface area (Å²) in [6, 6.07) is 13.0. The summed E-state index contributed by atoms with van der Waals surface area (Å²) in [5, 5.41) is 4.29. The molecule has 5 nitrogen and oxygen atoms in total. The minimum Gasteiger partial charge on any atom is -0.497 e. The average Bonchev–Trinajstić information content (AvgIpc) is 2.60. The number of ether oxygens (including phenoxy) is 2. The van der Waals surface area contributed by atoms with Crippen LogP contribution in [0.3, 0.4) is 0 Å². The van der Waals surface area contributed by atoms with E-state index in [1.54, 1.807) is 38.5 Å². The number of nitrogens with one attached hydrogen (secondary N) is 1. The van der Waals surface area contributed by atoms with E-state index in [0.717, 1.165) is 11.1 Å². The van der Waals surface area contributed by atoms with Crippen LogP contribution >= 0.6 is 0 Å². The first kappa shape index (κ1) is 14.8. The van der Waals surface area contributed by atoms with E-state index in [1.807, 2.05) is 24.3 Å². The van der Waals surface area contributed by atoms with Gasteiger partial charge in [-0.3, -0.25) is 10.2 Å². The summed E-state index contributed by atoms with van der Waals surface area (Å²) in [6.45, 7) is 0. The molecule has 0 aliphatic heterocycles. The molecule has 5 heteroatoms. The smallest absolute Gasteiger partial charge is 0.206 e. The van der Waals surface area contributed by atoms with Crippen molar-refractivity contribution >= 4 is 23.3 Å². The van der Waals surface area contributed by atoms with Gasteiger partial charge in [-0.2, -0.15) is 5.10 Å². The molecule has 2 aromatic carbocycles. The molecule has 0 saturated carbocycles. The quantitative estimate of drug-likeness (QED) is 0.882. The van der Waals surface area contributed by atoms with Gasteiger partial charge in [-0.25, -0.2) is 0 Å². The second kappa shape index (κ2) is 6.36. The number of allylic oxidation sites excluding steroid dienone is 1. The summed E-state index contributed by atoms with van der Waals surface area (Å²) in [4.78, 5) is 12.1. The van der Waals surface area contributed by atoms with Crippen LogP contribution in [0, 0.1) is 0 Å². The highest BCUT2D eigenvalue weighted by atomic mass is 16.5. The van der Waals surface area contributed by atoms with E-state index in [4.69, 9.17) is 9.47 Å². The molecular weight excluding hydrogens is 292 g/mol. The summed E-state index contributed by atoms with van der Waals surface area (Å²) in [6.07, 6.45) is 3.31. The lowest BCUT2D eigenvalue weighted by Gasteiger charge is -2.13. The van der Waals surface area contributed by atoms with Gasteiger partial charge in [0.05, 0.1) is 14.2 Å². The van der Waals surface area contributed by atoms with Gasteiger partial charge < -0.3 is 9.47 Å². The lowest BCUT2D eigenvalue weighted by atomic mass is 9.95. The molecule has 3 rings (SSSR count). The first-order chi connectivity index (χ1) is 11.2. The number of carbonyl (C=O) groups is 1.